The summed E-state index contributed by atoms with van der Waals surface area (Å²) in [7, 11) is 1.60. The quantitative estimate of drug-likeness (QED) is 0.517. The van der Waals surface area contributed by atoms with Crippen LogP contribution in [0.15, 0.2) is 64.9 Å². The third-order valence-electron chi connectivity index (χ3n) is 4.93. The van der Waals surface area contributed by atoms with Gasteiger partial charge in [0, 0.05) is 23.2 Å². The maximum atomic E-state index is 13.0. The fourth-order valence-corrected chi connectivity index (χ4v) is 4.05. The molecule has 1 N–H and O–H groups in total. The number of aromatic nitrogens is 2. The molecule has 0 atom stereocenters. The normalized spacial score (nSPS) is 10.9. The summed E-state index contributed by atoms with van der Waals surface area (Å²) in [5, 5.41) is 5.31. The van der Waals surface area contributed by atoms with Gasteiger partial charge in [0.25, 0.3) is 11.5 Å². The Morgan fingerprint density at radius 3 is 2.80 bits per heavy atom. The number of carbonyl (C=O) groups is 1. The highest BCUT2D eigenvalue weighted by Gasteiger charge is 2.15. The Balaban J connectivity index is 1.63. The number of amides is 1. The van der Waals surface area contributed by atoms with E-state index in [-0.39, 0.29) is 11.5 Å². The predicted molar refractivity (Wildman–Crippen MR) is 118 cm³/mol. The standard InChI is InChI=1S/C23H21N3O3S/c1-15-18(22(27)24-13-16-6-3-4-8-21(16)29-2)12-19-20(25-15)9-10-26(23(19)28)14-17-7-5-11-30-17/h3-12H,13-14H2,1-2H3,(H,24,27). The van der Waals surface area contributed by atoms with Crippen molar-refractivity contribution in [1.82, 2.24) is 14.9 Å². The van der Waals surface area contributed by atoms with Gasteiger partial charge in [-0.25, -0.2) is 0 Å². The number of para-hydroxylation sites is 1. The topological polar surface area (TPSA) is 73.2 Å². The lowest BCUT2D eigenvalue weighted by atomic mass is 10.1. The number of methoxy groups -OCH3 is 1. The second kappa shape index (κ2) is 8.51. The maximum Gasteiger partial charge on any atom is 0.260 e. The van der Waals surface area contributed by atoms with Crippen molar-refractivity contribution in [3.05, 3.63) is 92.2 Å². The Labute approximate surface area is 177 Å². The number of ether oxygens (including phenoxy) is 1. The van der Waals surface area contributed by atoms with Gasteiger partial charge in [-0.1, -0.05) is 24.3 Å². The molecule has 30 heavy (non-hydrogen) atoms. The summed E-state index contributed by atoms with van der Waals surface area (Å²) in [6.45, 7) is 2.59. The molecule has 3 heterocycles. The van der Waals surface area contributed by atoms with E-state index in [0.717, 1.165) is 10.4 Å². The minimum absolute atomic E-state index is 0.160. The Hall–Kier alpha value is -3.45. The van der Waals surface area contributed by atoms with Crippen LogP contribution in [-0.4, -0.2) is 22.6 Å². The molecule has 1 aromatic carbocycles. The summed E-state index contributed by atoms with van der Waals surface area (Å²) in [5.41, 5.74) is 2.27. The van der Waals surface area contributed by atoms with Gasteiger partial charge in [-0.3, -0.25) is 14.6 Å². The van der Waals surface area contributed by atoms with Crippen molar-refractivity contribution in [2.45, 2.75) is 20.0 Å². The summed E-state index contributed by atoms with van der Waals surface area (Å²) >= 11 is 1.60. The molecule has 0 fully saturated rings. The van der Waals surface area contributed by atoms with Gasteiger partial charge in [0.1, 0.15) is 5.75 Å². The summed E-state index contributed by atoms with van der Waals surface area (Å²) in [6.07, 6.45) is 1.75. The second-order valence-electron chi connectivity index (χ2n) is 6.88. The lowest BCUT2D eigenvalue weighted by Crippen LogP contribution is -2.25. The number of hydrogen-bond donors (Lipinski definition) is 1. The van der Waals surface area contributed by atoms with Gasteiger partial charge in [-0.2, -0.15) is 0 Å². The first-order valence-corrected chi connectivity index (χ1v) is 10.4. The molecule has 4 aromatic rings. The lowest BCUT2D eigenvalue weighted by molar-refractivity contribution is 0.0950. The number of carbonyl (C=O) groups excluding carboxylic acids is 1. The van der Waals surface area contributed by atoms with Crippen molar-refractivity contribution in [2.75, 3.05) is 7.11 Å². The maximum absolute atomic E-state index is 13.0. The summed E-state index contributed by atoms with van der Waals surface area (Å²) in [4.78, 5) is 31.4. The molecule has 0 saturated carbocycles. The van der Waals surface area contributed by atoms with Crippen LogP contribution in [0, 0.1) is 6.92 Å². The first-order chi connectivity index (χ1) is 14.6. The smallest absolute Gasteiger partial charge is 0.260 e. The van der Waals surface area contributed by atoms with Crippen LogP contribution in [-0.2, 0) is 13.1 Å². The number of aryl methyl sites for hydroxylation is 1. The van der Waals surface area contributed by atoms with Crippen molar-refractivity contribution < 1.29 is 9.53 Å². The number of nitrogens with one attached hydrogen (secondary N) is 1. The molecule has 0 bridgehead atoms. The minimum Gasteiger partial charge on any atom is -0.496 e. The van der Waals surface area contributed by atoms with Crippen LogP contribution in [0.25, 0.3) is 10.9 Å². The average molecular weight is 420 g/mol. The van der Waals surface area contributed by atoms with Gasteiger partial charge < -0.3 is 14.6 Å². The molecule has 7 heteroatoms. The van der Waals surface area contributed by atoms with E-state index >= 15 is 0 Å². The minimum atomic E-state index is -0.277. The number of pyridine rings is 2. The molecular weight excluding hydrogens is 398 g/mol. The predicted octanol–water partition coefficient (Wildman–Crippen LogP) is 3.75. The van der Waals surface area contributed by atoms with E-state index in [2.05, 4.69) is 10.3 Å². The summed E-state index contributed by atoms with van der Waals surface area (Å²) in [6, 6.07) is 14.9. The number of hydrogen-bond acceptors (Lipinski definition) is 5. The largest absolute Gasteiger partial charge is 0.496 e. The van der Waals surface area contributed by atoms with Gasteiger partial charge in [-0.05, 0) is 36.6 Å². The first-order valence-electron chi connectivity index (χ1n) is 9.50. The molecule has 0 aliphatic heterocycles. The van der Waals surface area contributed by atoms with Crippen molar-refractivity contribution in [3.63, 3.8) is 0 Å². The van der Waals surface area contributed by atoms with Crippen LogP contribution in [0.4, 0.5) is 0 Å². The van der Waals surface area contributed by atoms with Crippen LogP contribution < -0.4 is 15.6 Å². The number of benzene rings is 1. The van der Waals surface area contributed by atoms with E-state index in [1.54, 1.807) is 42.2 Å². The fourth-order valence-electron chi connectivity index (χ4n) is 3.35. The fraction of sp³-hybridized carbons (Fsp3) is 0.174. The molecule has 0 aliphatic carbocycles. The van der Waals surface area contributed by atoms with Crippen molar-refractivity contribution in [3.8, 4) is 5.75 Å². The van der Waals surface area contributed by atoms with E-state index in [9.17, 15) is 9.59 Å². The molecule has 3 aromatic heterocycles. The van der Waals surface area contributed by atoms with Crippen molar-refractivity contribution in [2.24, 2.45) is 0 Å². The van der Waals surface area contributed by atoms with Crippen molar-refractivity contribution >= 4 is 28.1 Å². The van der Waals surface area contributed by atoms with Crippen LogP contribution >= 0.6 is 11.3 Å². The average Bonchev–Trinajstić information content (AvgIpc) is 3.27. The highest BCUT2D eigenvalue weighted by molar-refractivity contribution is 7.09. The Morgan fingerprint density at radius 1 is 1.20 bits per heavy atom. The highest BCUT2D eigenvalue weighted by Crippen LogP contribution is 2.18. The monoisotopic (exact) mass is 419 g/mol. The molecule has 4 rings (SSSR count). The van der Waals surface area contributed by atoms with Crippen LogP contribution in [0.1, 0.15) is 26.5 Å². The van der Waals surface area contributed by atoms with E-state index in [1.165, 1.54) is 0 Å². The Bertz CT molecular complexity index is 1260. The zero-order valence-electron chi connectivity index (χ0n) is 16.7. The lowest BCUT2D eigenvalue weighted by Gasteiger charge is -2.12. The summed E-state index contributed by atoms with van der Waals surface area (Å²) < 4.78 is 6.97. The molecule has 0 aliphatic rings. The Morgan fingerprint density at radius 2 is 2.03 bits per heavy atom. The van der Waals surface area contributed by atoms with Gasteiger partial charge in [0.05, 0.1) is 35.8 Å². The number of thiophene rings is 1. The molecule has 152 valence electrons. The molecule has 0 radical (unpaired) electrons. The molecule has 6 nitrogen and oxygen atoms in total. The zero-order valence-corrected chi connectivity index (χ0v) is 17.5. The molecule has 1 amide bonds. The van der Waals surface area contributed by atoms with Gasteiger partial charge in [0.15, 0.2) is 0 Å². The van der Waals surface area contributed by atoms with Gasteiger partial charge in [-0.15, -0.1) is 11.3 Å². The second-order valence-corrected chi connectivity index (χ2v) is 7.91. The molecule has 0 saturated heterocycles. The Kier molecular flexibility index (Phi) is 5.63. The van der Waals surface area contributed by atoms with E-state index in [0.29, 0.717) is 41.0 Å². The molecule has 0 spiro atoms. The third kappa shape index (κ3) is 3.97. The SMILES string of the molecule is COc1ccccc1CNC(=O)c1cc2c(=O)n(Cc3cccs3)ccc2nc1C. The number of fused-ring (bicyclic) bond motifs is 1. The third-order valence-corrected chi connectivity index (χ3v) is 5.79. The molecule has 0 unspecified atom stereocenters. The highest BCUT2D eigenvalue weighted by atomic mass is 32.1. The number of rotatable bonds is 6. The van der Waals surface area contributed by atoms with E-state index in [4.69, 9.17) is 4.74 Å². The van der Waals surface area contributed by atoms with E-state index < -0.39 is 0 Å². The van der Waals surface area contributed by atoms with Gasteiger partial charge >= 0.3 is 0 Å². The number of nitrogens with zero attached hydrogens (tertiary/aromatic N) is 2. The van der Waals surface area contributed by atoms with Crippen LogP contribution in [0.3, 0.4) is 0 Å². The molecular formula is C23H21N3O3S. The van der Waals surface area contributed by atoms with Crippen molar-refractivity contribution in [1.29, 1.82) is 0 Å². The van der Waals surface area contributed by atoms with E-state index in [1.807, 2.05) is 47.8 Å². The first kappa shape index (κ1) is 19.8. The summed E-state index contributed by atoms with van der Waals surface area (Å²) in [5.74, 6) is 0.434. The zero-order chi connectivity index (χ0) is 21.1. The van der Waals surface area contributed by atoms with Crippen LogP contribution in [0.2, 0.25) is 0 Å². The van der Waals surface area contributed by atoms with Crippen LogP contribution in [0.5, 0.6) is 5.75 Å². The van der Waals surface area contributed by atoms with Gasteiger partial charge in [0.2, 0.25) is 0 Å².